The minimum Gasteiger partial charge on any atom is -0.411 e. The summed E-state index contributed by atoms with van der Waals surface area (Å²) in [7, 11) is 0. The molecule has 0 aromatic heterocycles. The highest BCUT2D eigenvalue weighted by molar-refractivity contribution is 6.11. The maximum Gasteiger partial charge on any atom is 0.229 e. The summed E-state index contributed by atoms with van der Waals surface area (Å²) in [6.45, 7) is 4.54. The summed E-state index contributed by atoms with van der Waals surface area (Å²) < 4.78 is 0. The molecular formula is C14H18N2O2. The molecule has 18 heavy (non-hydrogen) atoms. The Morgan fingerprint density at radius 1 is 1.50 bits per heavy atom. The van der Waals surface area contributed by atoms with E-state index >= 15 is 0 Å². The lowest BCUT2D eigenvalue weighted by molar-refractivity contribution is -0.122. The summed E-state index contributed by atoms with van der Waals surface area (Å²) in [4.78, 5) is 14.1. The normalized spacial score (nSPS) is 18.6. The molecular weight excluding hydrogens is 228 g/mol. The lowest BCUT2D eigenvalue weighted by Gasteiger charge is -2.31. The van der Waals surface area contributed by atoms with E-state index in [4.69, 9.17) is 5.21 Å². The molecule has 4 heteroatoms. The molecule has 0 bridgehead atoms. The second-order valence-corrected chi connectivity index (χ2v) is 4.61. The molecule has 1 amide bonds. The number of benzene rings is 1. The molecule has 96 valence electrons. The van der Waals surface area contributed by atoms with Gasteiger partial charge < -0.3 is 10.1 Å². The first-order valence-corrected chi connectivity index (χ1v) is 6.30. The summed E-state index contributed by atoms with van der Waals surface area (Å²) in [5.74, 6) is 0.160. The number of oxime groups is 1. The van der Waals surface area contributed by atoms with Crippen LogP contribution in [0.25, 0.3) is 0 Å². The molecule has 1 aliphatic rings. The molecule has 0 aliphatic carbocycles. The van der Waals surface area contributed by atoms with Gasteiger partial charge >= 0.3 is 0 Å². The Labute approximate surface area is 107 Å². The molecule has 0 radical (unpaired) electrons. The van der Waals surface area contributed by atoms with Crippen molar-refractivity contribution in [1.82, 2.24) is 0 Å². The van der Waals surface area contributed by atoms with Gasteiger partial charge in [-0.2, -0.15) is 0 Å². The summed E-state index contributed by atoms with van der Waals surface area (Å²) in [5, 5.41) is 12.3. The van der Waals surface area contributed by atoms with Crippen LogP contribution in [-0.2, 0) is 4.79 Å². The number of fused-ring (bicyclic) bond motifs is 1. The van der Waals surface area contributed by atoms with E-state index in [9.17, 15) is 4.79 Å². The smallest absolute Gasteiger partial charge is 0.229 e. The average molecular weight is 246 g/mol. The third-order valence-electron chi connectivity index (χ3n) is 3.50. The SMILES string of the molecule is CCC(C)C(=O)N1CCC(=NO)c2ccccc21. The minimum absolute atomic E-state index is 0.0191. The number of amides is 1. The second kappa shape index (κ2) is 5.21. The van der Waals surface area contributed by atoms with Crippen molar-refractivity contribution in [3.8, 4) is 0 Å². The third-order valence-corrected chi connectivity index (χ3v) is 3.50. The van der Waals surface area contributed by atoms with E-state index in [1.165, 1.54) is 0 Å². The van der Waals surface area contributed by atoms with Crippen LogP contribution in [0.5, 0.6) is 0 Å². The van der Waals surface area contributed by atoms with Crippen LogP contribution in [0.1, 0.15) is 32.3 Å². The second-order valence-electron chi connectivity index (χ2n) is 4.61. The zero-order valence-electron chi connectivity index (χ0n) is 10.8. The summed E-state index contributed by atoms with van der Waals surface area (Å²) in [6.07, 6.45) is 1.42. The summed E-state index contributed by atoms with van der Waals surface area (Å²) >= 11 is 0. The zero-order valence-corrected chi connectivity index (χ0v) is 10.8. The lowest BCUT2D eigenvalue weighted by Crippen LogP contribution is -2.40. The fraction of sp³-hybridized carbons (Fsp3) is 0.429. The highest BCUT2D eigenvalue weighted by Crippen LogP contribution is 2.28. The van der Waals surface area contributed by atoms with E-state index in [-0.39, 0.29) is 11.8 Å². The van der Waals surface area contributed by atoms with Gasteiger partial charge in [0.05, 0.1) is 11.4 Å². The van der Waals surface area contributed by atoms with Crippen LogP contribution in [0.2, 0.25) is 0 Å². The Hall–Kier alpha value is -1.84. The van der Waals surface area contributed by atoms with Gasteiger partial charge in [-0.1, -0.05) is 37.2 Å². The van der Waals surface area contributed by atoms with E-state index in [0.29, 0.717) is 18.7 Å². The molecule has 0 spiro atoms. The monoisotopic (exact) mass is 246 g/mol. The van der Waals surface area contributed by atoms with Crippen LogP contribution in [0.4, 0.5) is 5.69 Å². The van der Waals surface area contributed by atoms with Crippen molar-refractivity contribution in [2.75, 3.05) is 11.4 Å². The van der Waals surface area contributed by atoms with Crippen molar-refractivity contribution in [2.45, 2.75) is 26.7 Å². The first kappa shape index (κ1) is 12.6. The molecule has 1 aliphatic heterocycles. The van der Waals surface area contributed by atoms with E-state index < -0.39 is 0 Å². The number of carbonyl (C=O) groups excluding carboxylic acids is 1. The Kier molecular flexibility index (Phi) is 3.65. The van der Waals surface area contributed by atoms with Gasteiger partial charge in [-0.15, -0.1) is 0 Å². The Bertz CT molecular complexity index is 482. The Morgan fingerprint density at radius 2 is 2.22 bits per heavy atom. The van der Waals surface area contributed by atoms with Gasteiger partial charge in [0, 0.05) is 24.4 Å². The predicted octanol–water partition coefficient (Wildman–Crippen LogP) is 2.65. The minimum atomic E-state index is 0.0191. The largest absolute Gasteiger partial charge is 0.411 e. The predicted molar refractivity (Wildman–Crippen MR) is 71.2 cm³/mol. The average Bonchev–Trinajstić information content (AvgIpc) is 2.44. The molecule has 1 aromatic carbocycles. The molecule has 1 N–H and O–H groups in total. The highest BCUT2D eigenvalue weighted by Gasteiger charge is 2.28. The van der Waals surface area contributed by atoms with Crippen molar-refractivity contribution in [3.63, 3.8) is 0 Å². The fourth-order valence-corrected chi connectivity index (χ4v) is 2.20. The topological polar surface area (TPSA) is 52.9 Å². The molecule has 1 unspecified atom stereocenters. The molecule has 2 rings (SSSR count). The van der Waals surface area contributed by atoms with Crippen molar-refractivity contribution in [3.05, 3.63) is 29.8 Å². The molecule has 1 atom stereocenters. The van der Waals surface area contributed by atoms with Gasteiger partial charge in [0.25, 0.3) is 0 Å². The third kappa shape index (κ3) is 2.10. The van der Waals surface area contributed by atoms with E-state index in [1.54, 1.807) is 4.90 Å². The van der Waals surface area contributed by atoms with Gasteiger partial charge in [0.1, 0.15) is 0 Å². The molecule has 1 heterocycles. The van der Waals surface area contributed by atoms with Gasteiger partial charge in [-0.25, -0.2) is 0 Å². The molecule has 4 nitrogen and oxygen atoms in total. The van der Waals surface area contributed by atoms with Crippen molar-refractivity contribution in [1.29, 1.82) is 0 Å². The standard InChI is InChI=1S/C14H18N2O2/c1-3-10(2)14(17)16-9-8-12(15-18)11-6-4-5-7-13(11)16/h4-7,10,18H,3,8-9H2,1-2H3. The highest BCUT2D eigenvalue weighted by atomic mass is 16.4. The number of carbonyl (C=O) groups is 1. The van der Waals surface area contributed by atoms with Gasteiger partial charge in [0.2, 0.25) is 5.91 Å². The van der Waals surface area contributed by atoms with Crippen LogP contribution in [0, 0.1) is 5.92 Å². The quantitative estimate of drug-likeness (QED) is 0.644. The summed E-state index contributed by atoms with van der Waals surface area (Å²) in [6, 6.07) is 7.58. The van der Waals surface area contributed by atoms with E-state index in [2.05, 4.69) is 5.16 Å². The number of hydrogen-bond acceptors (Lipinski definition) is 3. The Morgan fingerprint density at radius 3 is 2.89 bits per heavy atom. The first-order chi connectivity index (χ1) is 8.69. The molecule has 0 saturated heterocycles. The van der Waals surface area contributed by atoms with Crippen LogP contribution in [-0.4, -0.2) is 23.4 Å². The maximum absolute atomic E-state index is 12.3. The zero-order chi connectivity index (χ0) is 13.1. The van der Waals surface area contributed by atoms with Crippen LogP contribution in [0.15, 0.2) is 29.4 Å². The van der Waals surface area contributed by atoms with E-state index in [0.717, 1.165) is 17.7 Å². The van der Waals surface area contributed by atoms with Crippen molar-refractivity contribution in [2.24, 2.45) is 11.1 Å². The number of nitrogens with zero attached hydrogens (tertiary/aromatic N) is 2. The summed E-state index contributed by atoms with van der Waals surface area (Å²) in [5.41, 5.74) is 2.35. The van der Waals surface area contributed by atoms with Crippen molar-refractivity contribution >= 4 is 17.3 Å². The number of anilines is 1. The molecule has 0 saturated carbocycles. The number of rotatable bonds is 2. The number of para-hydroxylation sites is 1. The van der Waals surface area contributed by atoms with Gasteiger partial charge in [-0.05, 0) is 12.5 Å². The molecule has 1 aromatic rings. The lowest BCUT2D eigenvalue weighted by atomic mass is 9.97. The van der Waals surface area contributed by atoms with Gasteiger partial charge in [0.15, 0.2) is 0 Å². The van der Waals surface area contributed by atoms with Crippen LogP contribution in [0.3, 0.4) is 0 Å². The van der Waals surface area contributed by atoms with Crippen LogP contribution < -0.4 is 4.90 Å². The van der Waals surface area contributed by atoms with Crippen LogP contribution >= 0.6 is 0 Å². The van der Waals surface area contributed by atoms with E-state index in [1.807, 2.05) is 38.1 Å². The molecule has 0 fully saturated rings. The number of hydrogen-bond donors (Lipinski definition) is 1. The maximum atomic E-state index is 12.3. The fourth-order valence-electron chi connectivity index (χ4n) is 2.20. The first-order valence-electron chi connectivity index (χ1n) is 6.30. The van der Waals surface area contributed by atoms with Gasteiger partial charge in [-0.3, -0.25) is 4.79 Å². The van der Waals surface area contributed by atoms with Crippen molar-refractivity contribution < 1.29 is 10.0 Å². The Balaban J connectivity index is 2.39.